The number of nitrogens with zero attached hydrogens (tertiary/aromatic N) is 1. The van der Waals surface area contributed by atoms with Gasteiger partial charge in [-0.2, -0.15) is 11.8 Å². The molecule has 1 unspecified atom stereocenters. The van der Waals surface area contributed by atoms with Crippen molar-refractivity contribution in [3.63, 3.8) is 0 Å². The lowest BCUT2D eigenvalue weighted by Crippen LogP contribution is -2.47. The number of imide groups is 1. The van der Waals surface area contributed by atoms with Gasteiger partial charge in [-0.25, -0.2) is 4.79 Å². The Balaban J connectivity index is 1.40. The molecule has 0 bridgehead atoms. The summed E-state index contributed by atoms with van der Waals surface area (Å²) >= 11 is 1.58. The largest absolute Gasteiger partial charge is 0.325 e. The lowest BCUT2D eigenvalue weighted by atomic mass is 9.83. The minimum Gasteiger partial charge on any atom is -0.324 e. The molecule has 0 aromatic heterocycles. The Hall–Kier alpha value is -3.46. The fourth-order valence-corrected chi connectivity index (χ4v) is 5.56. The van der Waals surface area contributed by atoms with Gasteiger partial charge in [0, 0.05) is 22.4 Å². The fraction of sp³-hybridized carbons (Fsp3) is 0.227. The van der Waals surface area contributed by atoms with Crippen LogP contribution in [0.1, 0.15) is 38.3 Å². The molecule has 4 amide bonds. The molecule has 2 aliphatic heterocycles. The van der Waals surface area contributed by atoms with Crippen LogP contribution in [-0.2, 0) is 9.59 Å². The van der Waals surface area contributed by atoms with E-state index < -0.39 is 29.9 Å². The van der Waals surface area contributed by atoms with E-state index in [9.17, 15) is 24.0 Å². The van der Waals surface area contributed by atoms with Crippen LogP contribution >= 0.6 is 11.8 Å². The van der Waals surface area contributed by atoms with Crippen LogP contribution in [0.4, 0.5) is 10.5 Å². The zero-order chi connectivity index (χ0) is 21.8. The second-order valence-corrected chi connectivity index (χ2v) is 8.79. The molecular formula is C22H17N3O5S. The number of benzene rings is 2. The maximum atomic E-state index is 13.0. The van der Waals surface area contributed by atoms with E-state index in [-0.39, 0.29) is 33.9 Å². The topological polar surface area (TPSA) is 113 Å². The molecule has 8 nitrogen and oxygen atoms in total. The monoisotopic (exact) mass is 435 g/mol. The number of fused-ring (bicyclic) bond motifs is 2. The zero-order valence-corrected chi connectivity index (χ0v) is 17.1. The lowest BCUT2D eigenvalue weighted by Gasteiger charge is -2.21. The zero-order valence-electron chi connectivity index (χ0n) is 16.3. The maximum absolute atomic E-state index is 13.0. The Morgan fingerprint density at radius 3 is 2.42 bits per heavy atom. The number of amides is 4. The Morgan fingerprint density at radius 1 is 1.00 bits per heavy atom. The van der Waals surface area contributed by atoms with Gasteiger partial charge in [0.25, 0.3) is 5.91 Å². The number of anilines is 1. The second-order valence-electron chi connectivity index (χ2n) is 7.69. The van der Waals surface area contributed by atoms with Gasteiger partial charge in [-0.05, 0) is 18.2 Å². The molecule has 2 saturated heterocycles. The van der Waals surface area contributed by atoms with Crippen LogP contribution in [0.15, 0.2) is 42.5 Å². The molecule has 0 saturated carbocycles. The summed E-state index contributed by atoms with van der Waals surface area (Å²) in [7, 11) is 0. The third-order valence-corrected chi connectivity index (χ3v) is 6.99. The molecule has 2 aromatic carbocycles. The first kappa shape index (κ1) is 19.5. The number of urea groups is 1. The molecule has 1 spiro atoms. The first-order valence-electron chi connectivity index (χ1n) is 9.74. The molecule has 0 radical (unpaired) electrons. The van der Waals surface area contributed by atoms with Gasteiger partial charge >= 0.3 is 6.03 Å². The van der Waals surface area contributed by atoms with E-state index in [1.54, 1.807) is 48.2 Å². The highest BCUT2D eigenvalue weighted by atomic mass is 32.2. The molecule has 2 aromatic rings. The molecule has 3 aliphatic rings. The minimum absolute atomic E-state index is 0.111. The van der Waals surface area contributed by atoms with Crippen LogP contribution < -0.4 is 10.6 Å². The predicted molar refractivity (Wildman–Crippen MR) is 113 cm³/mol. The highest BCUT2D eigenvalue weighted by Gasteiger charge is 2.53. The summed E-state index contributed by atoms with van der Waals surface area (Å²) in [4.78, 5) is 64.5. The van der Waals surface area contributed by atoms with Crippen molar-refractivity contribution in [2.45, 2.75) is 12.0 Å². The summed E-state index contributed by atoms with van der Waals surface area (Å²) in [6, 6.07) is 10.6. The van der Waals surface area contributed by atoms with E-state index >= 15 is 0 Å². The van der Waals surface area contributed by atoms with Crippen molar-refractivity contribution < 1.29 is 24.0 Å². The van der Waals surface area contributed by atoms with E-state index in [2.05, 4.69) is 10.6 Å². The van der Waals surface area contributed by atoms with Gasteiger partial charge in [0.15, 0.2) is 11.6 Å². The molecule has 31 heavy (non-hydrogen) atoms. The summed E-state index contributed by atoms with van der Waals surface area (Å²) in [5.41, 5.74) is 0.159. The molecule has 2 heterocycles. The standard InChI is InChI=1S/C22H17N3O5S/c26-16(10-25-20(29)22(24-21(25)30)8-9-31-11-22)23-15-7-3-6-14-17(15)19(28)13-5-2-1-4-12(13)18(14)27/h1-7H,8-11H2,(H,23,26)(H,24,30). The first-order chi connectivity index (χ1) is 14.9. The van der Waals surface area contributed by atoms with Gasteiger partial charge in [-0.1, -0.05) is 36.4 Å². The van der Waals surface area contributed by atoms with Gasteiger partial charge in [0.2, 0.25) is 5.91 Å². The molecule has 2 fully saturated rings. The molecule has 9 heteroatoms. The van der Waals surface area contributed by atoms with Crippen molar-refractivity contribution in [2.24, 2.45) is 0 Å². The number of hydrogen-bond acceptors (Lipinski definition) is 6. The average Bonchev–Trinajstić information content (AvgIpc) is 3.32. The van der Waals surface area contributed by atoms with Crippen LogP contribution in [0.5, 0.6) is 0 Å². The summed E-state index contributed by atoms with van der Waals surface area (Å²) in [5.74, 6) is -0.446. The van der Waals surface area contributed by atoms with Crippen molar-refractivity contribution in [2.75, 3.05) is 23.4 Å². The van der Waals surface area contributed by atoms with Gasteiger partial charge in [-0.15, -0.1) is 0 Å². The number of carbonyl (C=O) groups excluding carboxylic acids is 5. The maximum Gasteiger partial charge on any atom is 0.325 e. The van der Waals surface area contributed by atoms with E-state index in [1.165, 1.54) is 6.07 Å². The van der Waals surface area contributed by atoms with E-state index in [4.69, 9.17) is 0 Å². The summed E-state index contributed by atoms with van der Waals surface area (Å²) < 4.78 is 0. The average molecular weight is 435 g/mol. The third kappa shape index (κ3) is 2.96. The highest BCUT2D eigenvalue weighted by Crippen LogP contribution is 2.34. The van der Waals surface area contributed by atoms with E-state index in [0.717, 1.165) is 10.7 Å². The Kier molecular flexibility index (Phi) is 4.44. The van der Waals surface area contributed by atoms with Gasteiger partial charge < -0.3 is 10.6 Å². The number of thioether (sulfide) groups is 1. The van der Waals surface area contributed by atoms with Crippen LogP contribution in [0.2, 0.25) is 0 Å². The number of rotatable bonds is 3. The van der Waals surface area contributed by atoms with Crippen molar-refractivity contribution >= 4 is 46.9 Å². The Morgan fingerprint density at radius 2 is 1.71 bits per heavy atom. The minimum atomic E-state index is -0.931. The number of carbonyl (C=O) groups is 5. The normalized spacial score (nSPS) is 21.9. The van der Waals surface area contributed by atoms with E-state index in [1.807, 2.05) is 0 Å². The van der Waals surface area contributed by atoms with Crippen LogP contribution in [0, 0.1) is 0 Å². The van der Waals surface area contributed by atoms with Crippen molar-refractivity contribution in [3.05, 3.63) is 64.7 Å². The lowest BCUT2D eigenvalue weighted by molar-refractivity contribution is -0.133. The second kappa shape index (κ2) is 7.05. The Bertz CT molecular complexity index is 1190. The predicted octanol–water partition coefficient (Wildman–Crippen LogP) is 1.83. The molecule has 2 N–H and O–H groups in total. The number of ketones is 2. The molecule has 1 aliphatic carbocycles. The molecule has 1 atom stereocenters. The van der Waals surface area contributed by atoms with Gasteiger partial charge in [0.1, 0.15) is 12.1 Å². The molecule has 156 valence electrons. The van der Waals surface area contributed by atoms with Gasteiger partial charge in [-0.3, -0.25) is 24.1 Å². The SMILES string of the molecule is O=C(CN1C(=O)NC2(CCSC2)C1=O)Nc1cccc2c1C(=O)c1ccccc1C2=O. The van der Waals surface area contributed by atoms with E-state index in [0.29, 0.717) is 17.7 Å². The van der Waals surface area contributed by atoms with Crippen molar-refractivity contribution in [3.8, 4) is 0 Å². The number of nitrogens with one attached hydrogen (secondary N) is 2. The van der Waals surface area contributed by atoms with Crippen LogP contribution in [-0.4, -0.2) is 57.9 Å². The smallest absolute Gasteiger partial charge is 0.324 e. The summed E-state index contributed by atoms with van der Waals surface area (Å²) in [5, 5.41) is 5.32. The quantitative estimate of drug-likeness (QED) is 0.607. The Labute approximate surface area is 181 Å². The summed E-state index contributed by atoms with van der Waals surface area (Å²) in [6.07, 6.45) is 0.530. The third-order valence-electron chi connectivity index (χ3n) is 5.80. The van der Waals surface area contributed by atoms with Crippen LogP contribution in [0.3, 0.4) is 0 Å². The van der Waals surface area contributed by atoms with Gasteiger partial charge in [0.05, 0.1) is 11.3 Å². The highest BCUT2D eigenvalue weighted by molar-refractivity contribution is 7.99. The van der Waals surface area contributed by atoms with Crippen molar-refractivity contribution in [1.29, 1.82) is 0 Å². The van der Waals surface area contributed by atoms with Crippen molar-refractivity contribution in [1.82, 2.24) is 10.2 Å². The number of hydrogen-bond donors (Lipinski definition) is 2. The molecular weight excluding hydrogens is 418 g/mol. The first-order valence-corrected chi connectivity index (χ1v) is 10.9. The van der Waals surface area contributed by atoms with Crippen LogP contribution in [0.25, 0.3) is 0 Å². The molecule has 5 rings (SSSR count). The summed E-state index contributed by atoms with van der Waals surface area (Å²) in [6.45, 7) is -0.473. The fourth-order valence-electron chi connectivity index (χ4n) is 4.23.